The number of nitrogens with one attached hydrogen (secondary N) is 1. The molecule has 5 heteroatoms. The van der Waals surface area contributed by atoms with Crippen molar-refractivity contribution in [3.05, 3.63) is 40.6 Å². The molecule has 0 aliphatic carbocycles. The molecule has 1 aromatic rings. The van der Waals surface area contributed by atoms with Gasteiger partial charge in [-0.2, -0.15) is 0 Å². The normalized spacial score (nSPS) is 10.5. The summed E-state index contributed by atoms with van der Waals surface area (Å²) in [4.78, 5) is 13.8. The van der Waals surface area contributed by atoms with Crippen LogP contribution in [0.4, 0.5) is 11.5 Å². The number of hydrogen-bond donors (Lipinski definition) is 1. The van der Waals surface area contributed by atoms with Crippen molar-refractivity contribution < 1.29 is 4.92 Å². The van der Waals surface area contributed by atoms with Crippen LogP contribution in [-0.4, -0.2) is 16.5 Å². The fraction of sp³-hybridized carbons (Fsp3) is 0.300. The summed E-state index contributed by atoms with van der Waals surface area (Å²) in [7, 11) is 0. The Morgan fingerprint density at radius 3 is 3.13 bits per heavy atom. The van der Waals surface area contributed by atoms with Gasteiger partial charge < -0.3 is 15.4 Å². The standard InChI is InChI=1S/C10H13N3O2/c1-2-3-4-7-11-9-6-5-8-12-10(9)13(14)15/h2-3,5-6,8,11H,4,7H2,1H3/b3-2+. The van der Waals surface area contributed by atoms with Crippen LogP contribution in [0.25, 0.3) is 0 Å². The van der Waals surface area contributed by atoms with Crippen molar-refractivity contribution in [1.29, 1.82) is 0 Å². The van der Waals surface area contributed by atoms with E-state index in [-0.39, 0.29) is 5.82 Å². The highest BCUT2D eigenvalue weighted by atomic mass is 16.6. The van der Waals surface area contributed by atoms with Gasteiger partial charge in [0, 0.05) is 6.54 Å². The summed E-state index contributed by atoms with van der Waals surface area (Å²) in [5.74, 6) is -0.127. The molecule has 15 heavy (non-hydrogen) atoms. The Morgan fingerprint density at radius 2 is 2.47 bits per heavy atom. The lowest BCUT2D eigenvalue weighted by molar-refractivity contribution is -0.388. The highest BCUT2D eigenvalue weighted by Gasteiger charge is 2.12. The Morgan fingerprint density at radius 1 is 1.67 bits per heavy atom. The highest BCUT2D eigenvalue weighted by molar-refractivity contribution is 5.56. The Bertz CT molecular complexity index is 363. The quantitative estimate of drug-likeness (QED) is 0.348. The van der Waals surface area contributed by atoms with Crippen molar-refractivity contribution in [2.45, 2.75) is 13.3 Å². The van der Waals surface area contributed by atoms with E-state index in [1.165, 1.54) is 6.20 Å². The molecule has 1 N–H and O–H groups in total. The Hall–Kier alpha value is -1.91. The fourth-order valence-corrected chi connectivity index (χ4v) is 1.14. The maximum absolute atomic E-state index is 10.6. The van der Waals surface area contributed by atoms with Gasteiger partial charge in [-0.05, 0) is 35.4 Å². The Balaban J connectivity index is 2.63. The third kappa shape index (κ3) is 3.38. The molecule has 0 aliphatic heterocycles. The van der Waals surface area contributed by atoms with Gasteiger partial charge in [-0.1, -0.05) is 12.2 Å². The first-order chi connectivity index (χ1) is 7.25. The van der Waals surface area contributed by atoms with Gasteiger partial charge >= 0.3 is 5.82 Å². The molecule has 0 fully saturated rings. The minimum absolute atomic E-state index is 0.127. The predicted octanol–water partition coefficient (Wildman–Crippen LogP) is 2.37. The van der Waals surface area contributed by atoms with E-state index in [0.29, 0.717) is 12.2 Å². The smallest absolute Gasteiger partial charge is 0.378 e. The fourth-order valence-electron chi connectivity index (χ4n) is 1.14. The average molecular weight is 207 g/mol. The molecule has 80 valence electrons. The topological polar surface area (TPSA) is 68.1 Å². The van der Waals surface area contributed by atoms with Crippen molar-refractivity contribution in [2.75, 3.05) is 11.9 Å². The van der Waals surface area contributed by atoms with E-state index in [2.05, 4.69) is 10.3 Å². The van der Waals surface area contributed by atoms with Gasteiger partial charge in [0.05, 0.1) is 0 Å². The van der Waals surface area contributed by atoms with Crippen molar-refractivity contribution in [1.82, 2.24) is 4.98 Å². The average Bonchev–Trinajstić information content (AvgIpc) is 2.25. The molecule has 1 heterocycles. The van der Waals surface area contributed by atoms with E-state index in [9.17, 15) is 10.1 Å². The molecule has 0 aromatic carbocycles. The van der Waals surface area contributed by atoms with Crippen LogP contribution in [0.2, 0.25) is 0 Å². The van der Waals surface area contributed by atoms with E-state index >= 15 is 0 Å². The summed E-state index contributed by atoms with van der Waals surface area (Å²) in [5.41, 5.74) is 0.465. The van der Waals surface area contributed by atoms with Crippen LogP contribution < -0.4 is 5.32 Å². The first-order valence-corrected chi connectivity index (χ1v) is 4.70. The summed E-state index contributed by atoms with van der Waals surface area (Å²) in [6.45, 7) is 2.60. The molecular formula is C10H13N3O2. The molecule has 0 radical (unpaired) electrons. The second kappa shape index (κ2) is 5.74. The first-order valence-electron chi connectivity index (χ1n) is 4.70. The molecule has 1 rings (SSSR count). The van der Waals surface area contributed by atoms with Crippen LogP contribution in [0.5, 0.6) is 0 Å². The van der Waals surface area contributed by atoms with E-state index in [1.807, 2.05) is 19.1 Å². The molecule has 0 saturated heterocycles. The molecule has 0 bridgehead atoms. The summed E-state index contributed by atoms with van der Waals surface area (Å²) < 4.78 is 0. The molecule has 0 saturated carbocycles. The van der Waals surface area contributed by atoms with Crippen molar-refractivity contribution in [3.63, 3.8) is 0 Å². The molecule has 5 nitrogen and oxygen atoms in total. The van der Waals surface area contributed by atoms with Crippen LogP contribution in [0, 0.1) is 10.1 Å². The van der Waals surface area contributed by atoms with Gasteiger partial charge in [-0.3, -0.25) is 0 Å². The minimum Gasteiger partial charge on any atom is -0.378 e. The van der Waals surface area contributed by atoms with E-state index in [4.69, 9.17) is 0 Å². The monoisotopic (exact) mass is 207 g/mol. The second-order valence-electron chi connectivity index (χ2n) is 2.92. The van der Waals surface area contributed by atoms with Crippen LogP contribution in [0.3, 0.4) is 0 Å². The lowest BCUT2D eigenvalue weighted by Crippen LogP contribution is -2.04. The number of hydrogen-bond acceptors (Lipinski definition) is 4. The van der Waals surface area contributed by atoms with E-state index < -0.39 is 4.92 Å². The minimum atomic E-state index is -0.488. The summed E-state index contributed by atoms with van der Waals surface area (Å²) in [6, 6.07) is 3.33. The molecule has 0 spiro atoms. The number of nitrogens with zero attached hydrogens (tertiary/aromatic N) is 2. The van der Waals surface area contributed by atoms with Gasteiger partial charge in [-0.15, -0.1) is 0 Å². The SMILES string of the molecule is C/C=C/CCNc1cccnc1[N+](=O)[O-]. The maximum atomic E-state index is 10.6. The first kappa shape index (κ1) is 11.2. The number of allylic oxidation sites excluding steroid dienone is 1. The van der Waals surface area contributed by atoms with Gasteiger partial charge in [-0.25, -0.2) is 0 Å². The van der Waals surface area contributed by atoms with Gasteiger partial charge in [0.15, 0.2) is 0 Å². The second-order valence-corrected chi connectivity index (χ2v) is 2.92. The van der Waals surface area contributed by atoms with Gasteiger partial charge in [0.25, 0.3) is 0 Å². The number of anilines is 1. The van der Waals surface area contributed by atoms with Crippen LogP contribution in [0.1, 0.15) is 13.3 Å². The Kier molecular flexibility index (Phi) is 4.28. The van der Waals surface area contributed by atoms with E-state index in [0.717, 1.165) is 6.42 Å². The zero-order chi connectivity index (χ0) is 11.1. The molecule has 0 atom stereocenters. The lowest BCUT2D eigenvalue weighted by atomic mass is 10.3. The third-order valence-corrected chi connectivity index (χ3v) is 1.82. The van der Waals surface area contributed by atoms with Crippen molar-refractivity contribution in [2.24, 2.45) is 0 Å². The zero-order valence-corrected chi connectivity index (χ0v) is 8.51. The van der Waals surface area contributed by atoms with Crippen LogP contribution >= 0.6 is 0 Å². The number of pyridine rings is 1. The van der Waals surface area contributed by atoms with Crippen LogP contribution in [0.15, 0.2) is 30.5 Å². The molecule has 0 amide bonds. The maximum Gasteiger partial charge on any atom is 0.386 e. The molecular weight excluding hydrogens is 194 g/mol. The van der Waals surface area contributed by atoms with Crippen molar-refractivity contribution in [3.8, 4) is 0 Å². The molecule has 0 unspecified atom stereocenters. The zero-order valence-electron chi connectivity index (χ0n) is 8.51. The molecule has 0 aliphatic rings. The van der Waals surface area contributed by atoms with E-state index in [1.54, 1.807) is 12.1 Å². The number of nitro groups is 1. The number of aromatic nitrogens is 1. The largest absolute Gasteiger partial charge is 0.386 e. The lowest BCUT2D eigenvalue weighted by Gasteiger charge is -2.03. The van der Waals surface area contributed by atoms with Gasteiger partial charge in [0.1, 0.15) is 11.9 Å². The summed E-state index contributed by atoms with van der Waals surface area (Å²) >= 11 is 0. The van der Waals surface area contributed by atoms with Crippen LogP contribution in [-0.2, 0) is 0 Å². The summed E-state index contributed by atoms with van der Waals surface area (Å²) in [6.07, 6.45) is 6.19. The summed E-state index contributed by atoms with van der Waals surface area (Å²) in [5, 5.41) is 13.6. The number of rotatable bonds is 5. The predicted molar refractivity (Wildman–Crippen MR) is 58.8 cm³/mol. The van der Waals surface area contributed by atoms with Crippen molar-refractivity contribution >= 4 is 11.5 Å². The third-order valence-electron chi connectivity index (χ3n) is 1.82. The van der Waals surface area contributed by atoms with Gasteiger partial charge in [0.2, 0.25) is 0 Å². The molecule has 1 aromatic heterocycles. The highest BCUT2D eigenvalue weighted by Crippen LogP contribution is 2.19. The Labute approximate surface area is 88.0 Å².